The molecule has 3 rings (SSSR count). The number of aryl methyl sites for hydroxylation is 1. The number of thiazole rings is 1. The number of fused-ring (bicyclic) bond motifs is 1. The second-order valence-electron chi connectivity index (χ2n) is 6.46. The summed E-state index contributed by atoms with van der Waals surface area (Å²) in [5.74, 6) is 0. The number of nitrogens with zero attached hydrogens (tertiary/aromatic N) is 2. The van der Waals surface area contributed by atoms with E-state index in [4.69, 9.17) is 0 Å². The molecule has 2 heterocycles. The molecule has 3 nitrogen and oxygen atoms in total. The van der Waals surface area contributed by atoms with Crippen molar-refractivity contribution in [2.75, 3.05) is 0 Å². The monoisotopic (exact) mass is 263 g/mol. The smallest absolute Gasteiger partial charge is 0.194 e. The summed E-state index contributed by atoms with van der Waals surface area (Å²) in [7, 11) is 0. The lowest BCUT2D eigenvalue weighted by atomic mass is 10.0. The first-order valence-electron chi connectivity index (χ1n) is 6.50. The van der Waals surface area contributed by atoms with Crippen molar-refractivity contribution in [1.29, 1.82) is 0 Å². The van der Waals surface area contributed by atoms with Crippen LogP contribution >= 0.6 is 11.3 Å². The Morgan fingerprint density at radius 1 is 1.33 bits per heavy atom. The number of hydrogen-bond acceptors (Lipinski definition) is 3. The van der Waals surface area contributed by atoms with Crippen molar-refractivity contribution >= 4 is 16.3 Å². The molecule has 1 N–H and O–H groups in total. The third kappa shape index (κ3) is 1.48. The number of imidazole rings is 1. The van der Waals surface area contributed by atoms with Crippen molar-refractivity contribution in [3.8, 4) is 0 Å². The summed E-state index contributed by atoms with van der Waals surface area (Å²) in [4.78, 5) is 5.68. The summed E-state index contributed by atoms with van der Waals surface area (Å²) in [5.41, 5.74) is 3.22. The van der Waals surface area contributed by atoms with Gasteiger partial charge in [-0.3, -0.25) is 4.40 Å². The minimum Gasteiger partial charge on any atom is -0.307 e. The average Bonchev–Trinajstić information content (AvgIpc) is 2.67. The predicted molar refractivity (Wildman–Crippen MR) is 76.0 cm³/mol. The summed E-state index contributed by atoms with van der Waals surface area (Å²) >= 11 is 1.70. The first kappa shape index (κ1) is 12.2. The van der Waals surface area contributed by atoms with Gasteiger partial charge in [0.2, 0.25) is 0 Å². The van der Waals surface area contributed by atoms with Gasteiger partial charge in [-0.15, -0.1) is 11.3 Å². The van der Waals surface area contributed by atoms with E-state index in [2.05, 4.69) is 60.9 Å². The lowest BCUT2D eigenvalue weighted by Crippen LogP contribution is -2.22. The van der Waals surface area contributed by atoms with Gasteiger partial charge in [-0.25, -0.2) is 4.98 Å². The van der Waals surface area contributed by atoms with E-state index in [1.807, 2.05) is 0 Å². The highest BCUT2D eigenvalue weighted by Crippen LogP contribution is 2.62. The van der Waals surface area contributed by atoms with Gasteiger partial charge in [0, 0.05) is 24.2 Å². The first-order valence-corrected chi connectivity index (χ1v) is 7.38. The normalized spacial score (nSPS) is 21.6. The Bertz CT molecular complexity index is 577. The van der Waals surface area contributed by atoms with Crippen LogP contribution in [0.4, 0.5) is 0 Å². The second-order valence-corrected chi connectivity index (χ2v) is 7.33. The minimum atomic E-state index is 0.388. The van der Waals surface area contributed by atoms with Crippen LogP contribution in [0, 0.1) is 17.8 Å². The van der Waals surface area contributed by atoms with Crippen LogP contribution < -0.4 is 5.32 Å². The highest BCUT2D eigenvalue weighted by atomic mass is 32.1. The fourth-order valence-corrected chi connectivity index (χ4v) is 3.84. The van der Waals surface area contributed by atoms with Gasteiger partial charge in [-0.2, -0.15) is 0 Å². The van der Waals surface area contributed by atoms with Crippen molar-refractivity contribution in [2.24, 2.45) is 10.8 Å². The van der Waals surface area contributed by atoms with Crippen molar-refractivity contribution < 1.29 is 0 Å². The van der Waals surface area contributed by atoms with Crippen LogP contribution in [-0.2, 0) is 6.54 Å². The molecule has 1 aliphatic rings. The lowest BCUT2D eigenvalue weighted by molar-refractivity contribution is 0.457. The third-order valence-electron chi connectivity index (χ3n) is 5.06. The number of aromatic nitrogens is 2. The number of rotatable bonds is 3. The zero-order valence-corrected chi connectivity index (χ0v) is 12.6. The quantitative estimate of drug-likeness (QED) is 0.921. The molecule has 0 aliphatic heterocycles. The summed E-state index contributed by atoms with van der Waals surface area (Å²) in [6.07, 6.45) is 2.11. The molecule has 2 aromatic rings. The minimum absolute atomic E-state index is 0.388. The summed E-state index contributed by atoms with van der Waals surface area (Å²) in [6.45, 7) is 12.4. The predicted octanol–water partition coefficient (Wildman–Crippen LogP) is 3.23. The Kier molecular flexibility index (Phi) is 2.42. The highest BCUT2D eigenvalue weighted by Gasteiger charge is 2.64. The van der Waals surface area contributed by atoms with E-state index >= 15 is 0 Å². The lowest BCUT2D eigenvalue weighted by Gasteiger charge is -2.06. The molecule has 2 aromatic heterocycles. The average molecular weight is 263 g/mol. The Labute approximate surface area is 112 Å². The zero-order chi connectivity index (χ0) is 13.1. The van der Waals surface area contributed by atoms with E-state index in [-0.39, 0.29) is 0 Å². The molecule has 0 aromatic carbocycles. The first-order chi connectivity index (χ1) is 8.35. The fourth-order valence-electron chi connectivity index (χ4n) is 3.06. The van der Waals surface area contributed by atoms with Crippen LogP contribution in [-0.4, -0.2) is 15.4 Å². The molecule has 0 saturated heterocycles. The largest absolute Gasteiger partial charge is 0.307 e. The molecule has 98 valence electrons. The molecule has 1 fully saturated rings. The van der Waals surface area contributed by atoms with Crippen molar-refractivity contribution in [1.82, 2.24) is 14.7 Å². The van der Waals surface area contributed by atoms with Gasteiger partial charge in [0.15, 0.2) is 4.96 Å². The van der Waals surface area contributed by atoms with Crippen molar-refractivity contribution in [3.63, 3.8) is 0 Å². The molecule has 1 aliphatic carbocycles. The maximum atomic E-state index is 4.59. The molecular formula is C14H21N3S. The molecule has 0 bridgehead atoms. The van der Waals surface area contributed by atoms with Crippen LogP contribution in [0.1, 0.15) is 39.1 Å². The molecule has 0 radical (unpaired) electrons. The molecule has 0 unspecified atom stereocenters. The SMILES string of the molecule is Cc1nc2sccn2c1CNC1C(C)(C)C1(C)C. The molecule has 1 saturated carbocycles. The van der Waals surface area contributed by atoms with Crippen molar-refractivity contribution in [3.05, 3.63) is 23.0 Å². The Morgan fingerprint density at radius 3 is 2.61 bits per heavy atom. The molecular weight excluding hydrogens is 242 g/mol. The summed E-state index contributed by atoms with van der Waals surface area (Å²) < 4.78 is 2.20. The van der Waals surface area contributed by atoms with E-state index < -0.39 is 0 Å². The maximum Gasteiger partial charge on any atom is 0.194 e. The van der Waals surface area contributed by atoms with E-state index in [1.54, 1.807) is 11.3 Å². The third-order valence-corrected chi connectivity index (χ3v) is 5.81. The summed E-state index contributed by atoms with van der Waals surface area (Å²) in [6, 6.07) is 0.591. The standard InChI is InChI=1S/C14H21N3S/c1-9-10(17-6-7-18-12(17)16-9)8-15-11-13(2,3)14(11,4)5/h6-7,11,15H,8H2,1-5H3. The van der Waals surface area contributed by atoms with E-state index in [1.165, 1.54) is 5.69 Å². The Hall–Kier alpha value is -0.870. The van der Waals surface area contributed by atoms with Crippen LogP contribution in [0.2, 0.25) is 0 Å². The van der Waals surface area contributed by atoms with Crippen LogP contribution in [0.3, 0.4) is 0 Å². The van der Waals surface area contributed by atoms with Gasteiger partial charge < -0.3 is 5.32 Å². The van der Waals surface area contributed by atoms with Gasteiger partial charge in [-0.05, 0) is 17.8 Å². The molecule has 4 heteroatoms. The van der Waals surface area contributed by atoms with E-state index in [0.717, 1.165) is 17.2 Å². The molecule has 0 atom stereocenters. The summed E-state index contributed by atoms with van der Waals surface area (Å²) in [5, 5.41) is 5.80. The van der Waals surface area contributed by atoms with Gasteiger partial charge in [0.25, 0.3) is 0 Å². The van der Waals surface area contributed by atoms with E-state index in [0.29, 0.717) is 16.9 Å². The molecule has 18 heavy (non-hydrogen) atoms. The zero-order valence-electron chi connectivity index (χ0n) is 11.7. The topological polar surface area (TPSA) is 29.3 Å². The van der Waals surface area contributed by atoms with Crippen LogP contribution in [0.5, 0.6) is 0 Å². The van der Waals surface area contributed by atoms with Crippen LogP contribution in [0.25, 0.3) is 4.96 Å². The number of hydrogen-bond donors (Lipinski definition) is 1. The molecule has 0 spiro atoms. The van der Waals surface area contributed by atoms with Gasteiger partial charge in [-0.1, -0.05) is 27.7 Å². The van der Waals surface area contributed by atoms with Crippen molar-refractivity contribution in [2.45, 2.75) is 47.2 Å². The Balaban J connectivity index is 1.79. The molecule has 0 amide bonds. The second kappa shape index (κ2) is 3.58. The van der Waals surface area contributed by atoms with Gasteiger partial charge >= 0.3 is 0 Å². The Morgan fingerprint density at radius 2 is 2.00 bits per heavy atom. The number of nitrogens with one attached hydrogen (secondary N) is 1. The van der Waals surface area contributed by atoms with Gasteiger partial charge in [0.1, 0.15) is 0 Å². The van der Waals surface area contributed by atoms with Crippen LogP contribution in [0.15, 0.2) is 11.6 Å². The maximum absolute atomic E-state index is 4.59. The fraction of sp³-hybridized carbons (Fsp3) is 0.643. The van der Waals surface area contributed by atoms with Gasteiger partial charge in [0.05, 0.1) is 11.4 Å². The highest BCUT2D eigenvalue weighted by molar-refractivity contribution is 7.15. The van der Waals surface area contributed by atoms with E-state index in [9.17, 15) is 0 Å².